The first-order valence-corrected chi connectivity index (χ1v) is 8.26. The van der Waals surface area contributed by atoms with Crippen LogP contribution in [0.15, 0.2) is 53.0 Å². The van der Waals surface area contributed by atoms with E-state index in [9.17, 15) is 9.59 Å². The number of benzene rings is 2. The number of halogens is 1. The predicted octanol–water partition coefficient (Wildman–Crippen LogP) is 3.75. The van der Waals surface area contributed by atoms with Crippen LogP contribution in [0.2, 0.25) is 0 Å². The second kappa shape index (κ2) is 6.54. The molecule has 1 fully saturated rings. The first-order valence-electron chi connectivity index (χ1n) is 7.47. The Morgan fingerprint density at radius 1 is 1.22 bits per heavy atom. The van der Waals surface area contributed by atoms with Gasteiger partial charge >= 0.3 is 0 Å². The van der Waals surface area contributed by atoms with E-state index in [1.807, 2.05) is 55.5 Å². The Balaban J connectivity index is 1.72. The third-order valence-electron chi connectivity index (χ3n) is 3.99. The van der Waals surface area contributed by atoms with Gasteiger partial charge in [-0.1, -0.05) is 40.2 Å². The predicted molar refractivity (Wildman–Crippen MR) is 94.4 cm³/mol. The number of rotatable bonds is 3. The molecular formula is C18H17BrN2O2. The molecule has 2 amide bonds. The Kier molecular flexibility index (Phi) is 4.48. The number of hydrogen-bond acceptors (Lipinski definition) is 2. The number of anilines is 2. The van der Waals surface area contributed by atoms with E-state index in [0.717, 1.165) is 21.4 Å². The van der Waals surface area contributed by atoms with Gasteiger partial charge in [0.1, 0.15) is 0 Å². The van der Waals surface area contributed by atoms with Gasteiger partial charge in [0.15, 0.2) is 0 Å². The largest absolute Gasteiger partial charge is 0.326 e. The molecule has 0 spiro atoms. The molecule has 118 valence electrons. The standard InChI is InChI=1S/C18H17BrN2O2/c1-12-5-2-3-8-16(12)21-11-13(9-17(21)22)18(23)20-15-7-4-6-14(19)10-15/h2-8,10,13H,9,11H2,1H3,(H,20,23). The fourth-order valence-electron chi connectivity index (χ4n) is 2.79. The van der Waals surface area contributed by atoms with Crippen LogP contribution in [0, 0.1) is 12.8 Å². The van der Waals surface area contributed by atoms with Crippen molar-refractivity contribution >= 4 is 39.1 Å². The zero-order valence-electron chi connectivity index (χ0n) is 12.8. The van der Waals surface area contributed by atoms with Crippen molar-refractivity contribution in [3.05, 3.63) is 58.6 Å². The lowest BCUT2D eigenvalue weighted by molar-refractivity contribution is -0.122. The van der Waals surface area contributed by atoms with Crippen LogP contribution in [-0.4, -0.2) is 18.4 Å². The third-order valence-corrected chi connectivity index (χ3v) is 4.49. The highest BCUT2D eigenvalue weighted by Crippen LogP contribution is 2.28. The molecule has 1 aliphatic heterocycles. The lowest BCUT2D eigenvalue weighted by Gasteiger charge is -2.19. The summed E-state index contributed by atoms with van der Waals surface area (Å²) in [5.41, 5.74) is 2.65. The summed E-state index contributed by atoms with van der Waals surface area (Å²) in [5.74, 6) is -0.456. The number of hydrogen-bond donors (Lipinski definition) is 1. The number of nitrogens with one attached hydrogen (secondary N) is 1. The summed E-state index contributed by atoms with van der Waals surface area (Å²) in [7, 11) is 0. The van der Waals surface area contributed by atoms with Gasteiger partial charge in [-0.25, -0.2) is 0 Å². The topological polar surface area (TPSA) is 49.4 Å². The van der Waals surface area contributed by atoms with Crippen molar-refractivity contribution < 1.29 is 9.59 Å². The van der Waals surface area contributed by atoms with Gasteiger partial charge in [0.25, 0.3) is 0 Å². The Morgan fingerprint density at radius 2 is 2.00 bits per heavy atom. The Labute approximate surface area is 143 Å². The Hall–Kier alpha value is -2.14. The second-order valence-corrected chi connectivity index (χ2v) is 6.61. The maximum Gasteiger partial charge on any atom is 0.229 e. The van der Waals surface area contributed by atoms with Gasteiger partial charge in [0.2, 0.25) is 11.8 Å². The van der Waals surface area contributed by atoms with Crippen LogP contribution in [0.25, 0.3) is 0 Å². The second-order valence-electron chi connectivity index (χ2n) is 5.69. The molecule has 1 unspecified atom stereocenters. The quantitative estimate of drug-likeness (QED) is 0.891. The molecule has 2 aromatic carbocycles. The summed E-state index contributed by atoms with van der Waals surface area (Å²) in [6, 6.07) is 15.2. The summed E-state index contributed by atoms with van der Waals surface area (Å²) in [5, 5.41) is 2.88. The van der Waals surface area contributed by atoms with E-state index in [1.54, 1.807) is 4.90 Å². The summed E-state index contributed by atoms with van der Waals surface area (Å²) in [6.07, 6.45) is 0.244. The van der Waals surface area contributed by atoms with Crippen molar-refractivity contribution in [3.8, 4) is 0 Å². The highest BCUT2D eigenvalue weighted by molar-refractivity contribution is 9.10. The molecular weight excluding hydrogens is 356 g/mol. The molecule has 23 heavy (non-hydrogen) atoms. The van der Waals surface area contributed by atoms with Gasteiger partial charge in [-0.05, 0) is 36.8 Å². The Morgan fingerprint density at radius 3 is 2.74 bits per heavy atom. The van der Waals surface area contributed by atoms with Crippen LogP contribution in [0.4, 0.5) is 11.4 Å². The molecule has 1 heterocycles. The van der Waals surface area contributed by atoms with Crippen LogP contribution in [0.5, 0.6) is 0 Å². The SMILES string of the molecule is Cc1ccccc1N1CC(C(=O)Nc2cccc(Br)c2)CC1=O. The van der Waals surface area contributed by atoms with E-state index in [0.29, 0.717) is 6.54 Å². The molecule has 1 N–H and O–H groups in total. The minimum absolute atomic E-state index is 0.00584. The van der Waals surface area contributed by atoms with Gasteiger partial charge in [-0.15, -0.1) is 0 Å². The first kappa shape index (κ1) is 15.7. The summed E-state index contributed by atoms with van der Waals surface area (Å²) < 4.78 is 0.902. The summed E-state index contributed by atoms with van der Waals surface area (Å²) in [4.78, 5) is 26.4. The van der Waals surface area contributed by atoms with Gasteiger partial charge < -0.3 is 10.2 Å². The van der Waals surface area contributed by atoms with E-state index in [2.05, 4.69) is 21.2 Å². The van der Waals surface area contributed by atoms with Crippen molar-refractivity contribution in [2.24, 2.45) is 5.92 Å². The Bertz CT molecular complexity index is 760. The lowest BCUT2D eigenvalue weighted by atomic mass is 10.1. The van der Waals surface area contributed by atoms with Crippen molar-refractivity contribution in [2.75, 3.05) is 16.8 Å². The minimum atomic E-state index is -0.332. The molecule has 5 heteroatoms. The number of para-hydroxylation sites is 1. The first-order chi connectivity index (χ1) is 11.0. The molecule has 0 radical (unpaired) electrons. The van der Waals surface area contributed by atoms with Crippen molar-refractivity contribution in [1.29, 1.82) is 0 Å². The number of carbonyl (C=O) groups is 2. The summed E-state index contributed by atoms with van der Waals surface area (Å²) >= 11 is 3.38. The zero-order valence-corrected chi connectivity index (χ0v) is 14.3. The molecule has 4 nitrogen and oxygen atoms in total. The molecule has 1 atom stereocenters. The van der Waals surface area contributed by atoms with Crippen LogP contribution >= 0.6 is 15.9 Å². The smallest absolute Gasteiger partial charge is 0.229 e. The highest BCUT2D eigenvalue weighted by Gasteiger charge is 2.35. The molecule has 2 aromatic rings. The van der Waals surface area contributed by atoms with Crippen molar-refractivity contribution in [1.82, 2.24) is 0 Å². The third kappa shape index (κ3) is 3.45. The van der Waals surface area contributed by atoms with E-state index < -0.39 is 0 Å². The molecule has 0 bridgehead atoms. The van der Waals surface area contributed by atoms with Crippen LogP contribution in [-0.2, 0) is 9.59 Å². The van der Waals surface area contributed by atoms with Crippen molar-refractivity contribution in [2.45, 2.75) is 13.3 Å². The fraction of sp³-hybridized carbons (Fsp3) is 0.222. The average Bonchev–Trinajstić information content (AvgIpc) is 2.90. The van der Waals surface area contributed by atoms with Gasteiger partial charge in [0, 0.05) is 28.8 Å². The number of amides is 2. The van der Waals surface area contributed by atoms with E-state index in [1.165, 1.54) is 0 Å². The van der Waals surface area contributed by atoms with E-state index in [4.69, 9.17) is 0 Å². The zero-order chi connectivity index (χ0) is 16.4. The molecule has 0 aromatic heterocycles. The number of nitrogens with zero attached hydrogens (tertiary/aromatic N) is 1. The van der Waals surface area contributed by atoms with Crippen molar-refractivity contribution in [3.63, 3.8) is 0 Å². The van der Waals surface area contributed by atoms with Crippen LogP contribution in [0.3, 0.4) is 0 Å². The summed E-state index contributed by atoms with van der Waals surface area (Å²) in [6.45, 7) is 2.39. The molecule has 1 saturated heterocycles. The number of aryl methyl sites for hydroxylation is 1. The van der Waals surface area contributed by atoms with Crippen LogP contribution < -0.4 is 10.2 Å². The normalized spacial score (nSPS) is 17.4. The highest BCUT2D eigenvalue weighted by atomic mass is 79.9. The lowest BCUT2D eigenvalue weighted by Crippen LogP contribution is -2.28. The van der Waals surface area contributed by atoms with E-state index in [-0.39, 0.29) is 24.2 Å². The maximum atomic E-state index is 12.4. The fourth-order valence-corrected chi connectivity index (χ4v) is 3.19. The molecule has 3 rings (SSSR count). The maximum absolute atomic E-state index is 12.4. The van der Waals surface area contributed by atoms with Crippen LogP contribution in [0.1, 0.15) is 12.0 Å². The van der Waals surface area contributed by atoms with Gasteiger partial charge in [-0.2, -0.15) is 0 Å². The monoisotopic (exact) mass is 372 g/mol. The molecule has 1 aliphatic rings. The van der Waals surface area contributed by atoms with Gasteiger partial charge in [-0.3, -0.25) is 9.59 Å². The minimum Gasteiger partial charge on any atom is -0.326 e. The average molecular weight is 373 g/mol. The van der Waals surface area contributed by atoms with Gasteiger partial charge in [0.05, 0.1) is 5.92 Å². The van der Waals surface area contributed by atoms with E-state index >= 15 is 0 Å². The molecule has 0 aliphatic carbocycles. The number of carbonyl (C=O) groups excluding carboxylic acids is 2. The molecule has 0 saturated carbocycles.